The number of fused-ring (bicyclic) bond motifs is 1. The van der Waals surface area contributed by atoms with E-state index in [2.05, 4.69) is 15.1 Å². The van der Waals surface area contributed by atoms with Crippen molar-refractivity contribution >= 4 is 17.0 Å². The van der Waals surface area contributed by atoms with Crippen LogP contribution in [-0.2, 0) is 28.5 Å². The number of pyridine rings is 1. The molecule has 4 aromatic rings. The summed E-state index contributed by atoms with van der Waals surface area (Å²) in [6, 6.07) is 3.60. The fourth-order valence-electron chi connectivity index (χ4n) is 5.03. The normalized spacial score (nSPS) is 15.5. The van der Waals surface area contributed by atoms with Crippen LogP contribution in [0.3, 0.4) is 0 Å². The minimum Gasteiger partial charge on any atom is -0.495 e. The number of carboxylic acid groups (broad SMARTS) is 1. The number of imidazole rings is 1. The molecule has 0 amide bonds. The van der Waals surface area contributed by atoms with E-state index in [1.807, 2.05) is 6.07 Å². The Morgan fingerprint density at radius 1 is 1.23 bits per heavy atom. The zero-order chi connectivity index (χ0) is 27.7. The van der Waals surface area contributed by atoms with Crippen LogP contribution in [0.25, 0.3) is 22.7 Å². The smallest absolute Gasteiger partial charge is 0.331 e. The van der Waals surface area contributed by atoms with Crippen molar-refractivity contribution in [1.29, 1.82) is 0 Å². The molecule has 1 atom stereocenters. The van der Waals surface area contributed by atoms with Gasteiger partial charge in [-0.3, -0.25) is 9.78 Å². The fourth-order valence-corrected chi connectivity index (χ4v) is 5.03. The summed E-state index contributed by atoms with van der Waals surface area (Å²) in [5.41, 5.74) is -0.725. The summed E-state index contributed by atoms with van der Waals surface area (Å²) in [6.45, 7) is 2.87. The lowest BCUT2D eigenvalue weighted by atomic mass is 9.97. The number of carboxylic acids is 1. The van der Waals surface area contributed by atoms with E-state index < -0.39 is 23.2 Å². The number of aromatic nitrogens is 6. The number of aryl methyl sites for hydroxylation is 1. The third-order valence-electron chi connectivity index (χ3n) is 7.27. The van der Waals surface area contributed by atoms with Gasteiger partial charge in [0.1, 0.15) is 34.8 Å². The first kappa shape index (κ1) is 26.5. The maximum Gasteiger partial charge on any atom is 0.331 e. The van der Waals surface area contributed by atoms with Crippen LogP contribution in [0.1, 0.15) is 63.4 Å². The third kappa shape index (κ3) is 4.91. The first-order valence-electron chi connectivity index (χ1n) is 13.0. The average Bonchev–Trinajstić information content (AvgIpc) is 3.58. The van der Waals surface area contributed by atoms with Crippen molar-refractivity contribution in [3.8, 4) is 17.5 Å². The second-order valence-electron chi connectivity index (χ2n) is 10.2. The Bertz CT molecular complexity index is 1530. The van der Waals surface area contributed by atoms with E-state index in [1.54, 1.807) is 31.0 Å². The predicted octanol–water partition coefficient (Wildman–Crippen LogP) is 3.64. The van der Waals surface area contributed by atoms with Crippen LogP contribution in [0, 0.1) is 0 Å². The molecule has 39 heavy (non-hydrogen) atoms. The largest absolute Gasteiger partial charge is 0.495 e. The van der Waals surface area contributed by atoms with Gasteiger partial charge in [-0.2, -0.15) is 5.10 Å². The van der Waals surface area contributed by atoms with Gasteiger partial charge in [0.15, 0.2) is 11.4 Å². The van der Waals surface area contributed by atoms with Gasteiger partial charge in [-0.1, -0.05) is 19.3 Å². The molecule has 1 aliphatic carbocycles. The molecule has 0 bridgehead atoms. The molecule has 1 saturated carbocycles. The van der Waals surface area contributed by atoms with Gasteiger partial charge < -0.3 is 23.6 Å². The third-order valence-corrected chi connectivity index (χ3v) is 7.27. The lowest BCUT2D eigenvalue weighted by Gasteiger charge is -2.28. The minimum atomic E-state index is -1.63. The monoisotopic (exact) mass is 536 g/mol. The Hall–Kier alpha value is -4.06. The molecule has 4 aromatic heterocycles. The zero-order valence-corrected chi connectivity index (χ0v) is 22.5. The Morgan fingerprint density at radius 2 is 2.00 bits per heavy atom. The highest BCUT2D eigenvalue weighted by atomic mass is 16.5. The molecule has 0 aliphatic heterocycles. The van der Waals surface area contributed by atoms with Crippen molar-refractivity contribution in [2.24, 2.45) is 7.05 Å². The van der Waals surface area contributed by atoms with Crippen molar-refractivity contribution in [3.63, 3.8) is 0 Å². The molecule has 4 heterocycles. The van der Waals surface area contributed by atoms with Gasteiger partial charge in [-0.25, -0.2) is 19.4 Å². The number of oxazole rings is 1. The lowest BCUT2D eigenvalue weighted by molar-refractivity contribution is -0.146. The fraction of sp³-hybridized carbons (Fsp3) is 0.481. The van der Waals surface area contributed by atoms with Gasteiger partial charge in [0.25, 0.3) is 11.4 Å². The number of carbonyl (C=O) groups is 1. The molecule has 0 aromatic carbocycles. The van der Waals surface area contributed by atoms with Crippen LogP contribution in [0.5, 0.6) is 5.75 Å². The summed E-state index contributed by atoms with van der Waals surface area (Å²) in [7, 11) is 3.24. The van der Waals surface area contributed by atoms with Crippen LogP contribution in [0.2, 0.25) is 0 Å². The quantitative estimate of drug-likeness (QED) is 0.336. The molecule has 206 valence electrons. The molecular weight excluding hydrogens is 504 g/mol. The van der Waals surface area contributed by atoms with E-state index in [0.717, 1.165) is 30.4 Å². The van der Waals surface area contributed by atoms with Crippen LogP contribution in [-0.4, -0.2) is 53.6 Å². The van der Waals surface area contributed by atoms with Crippen molar-refractivity contribution in [1.82, 2.24) is 29.3 Å². The highest BCUT2D eigenvalue weighted by Gasteiger charge is 2.35. The molecule has 5 rings (SSSR count). The zero-order valence-electron chi connectivity index (χ0n) is 22.5. The Kier molecular flexibility index (Phi) is 7.21. The number of aliphatic carboxylic acids is 1. The molecule has 1 fully saturated rings. The first-order chi connectivity index (χ1) is 18.7. The molecule has 0 spiro atoms. The van der Waals surface area contributed by atoms with Gasteiger partial charge in [0.2, 0.25) is 0 Å². The van der Waals surface area contributed by atoms with Crippen molar-refractivity contribution in [3.05, 3.63) is 52.5 Å². The summed E-state index contributed by atoms with van der Waals surface area (Å²) in [6.07, 6.45) is 9.40. The number of methoxy groups -OCH3 is 1. The van der Waals surface area contributed by atoms with Gasteiger partial charge in [0, 0.05) is 19.7 Å². The van der Waals surface area contributed by atoms with Crippen molar-refractivity contribution in [2.45, 2.75) is 70.1 Å². The number of rotatable bonds is 9. The second kappa shape index (κ2) is 10.6. The van der Waals surface area contributed by atoms with Crippen molar-refractivity contribution in [2.75, 3.05) is 7.11 Å². The molecule has 0 unspecified atom stereocenters. The van der Waals surface area contributed by atoms with Gasteiger partial charge in [0.05, 0.1) is 25.1 Å². The number of hydrogen-bond donors (Lipinski definition) is 1. The molecule has 1 aliphatic rings. The first-order valence-corrected chi connectivity index (χ1v) is 13.0. The van der Waals surface area contributed by atoms with E-state index in [1.165, 1.54) is 32.7 Å². The SMILES string of the molecule is COc1cccnc1[C@H](Cc1nn(C(C)(C)C(=O)O)c(=O)c2c1nc(-c1ncco1)n2C)OC1CCCCC1. The Morgan fingerprint density at radius 3 is 2.67 bits per heavy atom. The number of nitrogens with zero attached hydrogens (tertiary/aromatic N) is 6. The van der Waals surface area contributed by atoms with Crippen LogP contribution in [0.4, 0.5) is 0 Å². The van der Waals surface area contributed by atoms with E-state index >= 15 is 0 Å². The summed E-state index contributed by atoms with van der Waals surface area (Å²) in [5, 5.41) is 14.5. The van der Waals surface area contributed by atoms with Gasteiger partial charge in [-0.15, -0.1) is 0 Å². The molecule has 0 radical (unpaired) electrons. The topological polar surface area (TPSA) is 147 Å². The molecule has 12 nitrogen and oxygen atoms in total. The standard InChI is InChI=1S/C27H32N6O6/c1-27(2,26(35)36)33-25(34)22-20(30-23(32(22)3)24-29-13-14-38-24)17(31-33)15-19(39-16-9-6-5-7-10-16)21-18(37-4)11-8-12-28-21/h8,11-14,16,19H,5-7,9-10,15H2,1-4H3,(H,35,36)/t19-/m0/s1. The number of ether oxygens (including phenoxy) is 2. The summed E-state index contributed by atoms with van der Waals surface area (Å²) in [4.78, 5) is 39.3. The minimum absolute atomic E-state index is 0.0268. The van der Waals surface area contributed by atoms with E-state index in [-0.39, 0.29) is 23.9 Å². The van der Waals surface area contributed by atoms with Gasteiger partial charge >= 0.3 is 5.97 Å². The van der Waals surface area contributed by atoms with Crippen molar-refractivity contribution < 1.29 is 23.8 Å². The van der Waals surface area contributed by atoms with E-state index in [4.69, 9.17) is 18.9 Å². The predicted molar refractivity (Wildman–Crippen MR) is 140 cm³/mol. The Labute approximate surface area is 224 Å². The van der Waals surface area contributed by atoms with Gasteiger partial charge in [-0.05, 0) is 38.8 Å². The van der Waals surface area contributed by atoms with Crippen LogP contribution in [0.15, 0.2) is 40.0 Å². The maximum atomic E-state index is 13.7. The highest BCUT2D eigenvalue weighted by molar-refractivity contribution is 5.81. The molecule has 0 saturated heterocycles. The second-order valence-corrected chi connectivity index (χ2v) is 10.2. The number of hydrogen-bond acceptors (Lipinski definition) is 9. The maximum absolute atomic E-state index is 13.7. The van der Waals surface area contributed by atoms with Crippen LogP contribution < -0.4 is 10.3 Å². The summed E-state index contributed by atoms with van der Waals surface area (Å²) >= 11 is 0. The summed E-state index contributed by atoms with van der Waals surface area (Å²) < 4.78 is 20.3. The molecule has 12 heteroatoms. The lowest BCUT2D eigenvalue weighted by Crippen LogP contribution is -2.45. The Balaban J connectivity index is 1.70. The van der Waals surface area contributed by atoms with E-state index in [9.17, 15) is 14.7 Å². The highest BCUT2D eigenvalue weighted by Crippen LogP contribution is 2.34. The molecule has 1 N–H and O–H groups in total. The van der Waals surface area contributed by atoms with E-state index in [0.29, 0.717) is 28.5 Å². The van der Waals surface area contributed by atoms with Crippen LogP contribution >= 0.6 is 0 Å². The molecular formula is C27H32N6O6. The summed E-state index contributed by atoms with van der Waals surface area (Å²) in [5.74, 6) is -0.0835. The average molecular weight is 537 g/mol.